The third-order valence-corrected chi connectivity index (χ3v) is 5.33. The summed E-state index contributed by atoms with van der Waals surface area (Å²) in [6, 6.07) is 0. The van der Waals surface area contributed by atoms with E-state index >= 15 is 0 Å². The standard InChI is InChI=1S/C10H21NO3S/c1-3-14-8-10(11)6-5-9(7-10)15(12,13)4-2/h9H,3-8,11H2,1-2H3/t9-,10+/m0/s1. The summed E-state index contributed by atoms with van der Waals surface area (Å²) in [5.41, 5.74) is 5.67. The summed E-state index contributed by atoms with van der Waals surface area (Å²) in [6.07, 6.45) is 1.97. The second-order valence-corrected chi connectivity index (χ2v) is 6.89. The zero-order valence-corrected chi connectivity index (χ0v) is 10.3. The molecule has 0 saturated heterocycles. The van der Waals surface area contributed by atoms with Crippen LogP contribution in [0.3, 0.4) is 0 Å². The van der Waals surface area contributed by atoms with Gasteiger partial charge in [0.15, 0.2) is 9.84 Å². The molecule has 0 bridgehead atoms. The van der Waals surface area contributed by atoms with Gasteiger partial charge >= 0.3 is 0 Å². The molecule has 0 heterocycles. The van der Waals surface area contributed by atoms with E-state index < -0.39 is 15.4 Å². The van der Waals surface area contributed by atoms with Crippen molar-refractivity contribution in [2.75, 3.05) is 19.0 Å². The summed E-state index contributed by atoms with van der Waals surface area (Å²) in [6.45, 7) is 4.70. The summed E-state index contributed by atoms with van der Waals surface area (Å²) >= 11 is 0. The molecule has 0 aromatic heterocycles. The maximum atomic E-state index is 11.7. The lowest BCUT2D eigenvalue weighted by Gasteiger charge is -2.23. The van der Waals surface area contributed by atoms with E-state index in [-0.39, 0.29) is 11.0 Å². The lowest BCUT2D eigenvalue weighted by molar-refractivity contribution is 0.0968. The van der Waals surface area contributed by atoms with Gasteiger partial charge in [0.05, 0.1) is 11.9 Å². The van der Waals surface area contributed by atoms with Gasteiger partial charge in [-0.2, -0.15) is 0 Å². The van der Waals surface area contributed by atoms with E-state index in [1.807, 2.05) is 6.92 Å². The molecular weight excluding hydrogens is 214 g/mol. The van der Waals surface area contributed by atoms with Crippen molar-refractivity contribution >= 4 is 9.84 Å². The quantitative estimate of drug-likeness (QED) is 0.762. The first-order valence-corrected chi connectivity index (χ1v) is 7.23. The van der Waals surface area contributed by atoms with Crippen LogP contribution in [0.1, 0.15) is 33.1 Å². The third-order valence-electron chi connectivity index (χ3n) is 3.10. The zero-order valence-electron chi connectivity index (χ0n) is 9.53. The maximum Gasteiger partial charge on any atom is 0.152 e. The molecule has 1 aliphatic rings. The Kier molecular flexibility index (Phi) is 4.14. The average Bonchev–Trinajstić information content (AvgIpc) is 2.59. The topological polar surface area (TPSA) is 69.4 Å². The van der Waals surface area contributed by atoms with Crippen LogP contribution in [0, 0.1) is 0 Å². The van der Waals surface area contributed by atoms with Crippen LogP contribution in [-0.4, -0.2) is 38.2 Å². The Bertz CT molecular complexity index is 302. The van der Waals surface area contributed by atoms with Gasteiger partial charge in [0.2, 0.25) is 0 Å². The largest absolute Gasteiger partial charge is 0.380 e. The van der Waals surface area contributed by atoms with E-state index in [2.05, 4.69) is 0 Å². The summed E-state index contributed by atoms with van der Waals surface area (Å²) in [7, 11) is -2.93. The first-order valence-electron chi connectivity index (χ1n) is 5.52. The average molecular weight is 235 g/mol. The van der Waals surface area contributed by atoms with E-state index in [4.69, 9.17) is 10.5 Å². The molecule has 0 spiro atoms. The van der Waals surface area contributed by atoms with Crippen LogP contribution in [0.25, 0.3) is 0 Å². The monoisotopic (exact) mass is 235 g/mol. The Morgan fingerprint density at radius 2 is 2.13 bits per heavy atom. The predicted molar refractivity (Wildman–Crippen MR) is 60.5 cm³/mol. The molecule has 0 aromatic carbocycles. The second-order valence-electron chi connectivity index (χ2n) is 4.32. The van der Waals surface area contributed by atoms with Gasteiger partial charge in [0.25, 0.3) is 0 Å². The maximum absolute atomic E-state index is 11.7. The van der Waals surface area contributed by atoms with E-state index in [1.165, 1.54) is 0 Å². The molecule has 0 radical (unpaired) electrons. The minimum absolute atomic E-state index is 0.211. The van der Waals surface area contributed by atoms with Gasteiger partial charge in [-0.3, -0.25) is 0 Å². The van der Waals surface area contributed by atoms with Crippen LogP contribution in [0.5, 0.6) is 0 Å². The molecule has 1 aliphatic carbocycles. The molecule has 0 unspecified atom stereocenters. The van der Waals surface area contributed by atoms with Crippen molar-refractivity contribution in [1.82, 2.24) is 0 Å². The Hall–Kier alpha value is -0.130. The molecule has 2 atom stereocenters. The van der Waals surface area contributed by atoms with Crippen molar-refractivity contribution in [3.05, 3.63) is 0 Å². The lowest BCUT2D eigenvalue weighted by atomic mass is 10.0. The van der Waals surface area contributed by atoms with E-state index in [9.17, 15) is 8.42 Å². The molecule has 0 aromatic rings. The van der Waals surface area contributed by atoms with Gasteiger partial charge in [-0.05, 0) is 26.2 Å². The van der Waals surface area contributed by atoms with Gasteiger partial charge < -0.3 is 10.5 Å². The SMILES string of the molecule is CCOC[C@@]1(N)CC[C@H](S(=O)(=O)CC)C1. The molecule has 5 heteroatoms. The van der Waals surface area contributed by atoms with E-state index in [0.717, 1.165) is 6.42 Å². The van der Waals surface area contributed by atoms with Crippen LogP contribution in [-0.2, 0) is 14.6 Å². The number of nitrogens with two attached hydrogens (primary N) is 1. The molecule has 0 amide bonds. The Morgan fingerprint density at radius 1 is 1.47 bits per heavy atom. The summed E-state index contributed by atoms with van der Waals surface area (Å²) in [5, 5.41) is -0.257. The molecule has 1 saturated carbocycles. The van der Waals surface area contributed by atoms with Crippen molar-refractivity contribution in [2.45, 2.75) is 43.9 Å². The van der Waals surface area contributed by atoms with Crippen LogP contribution in [0.4, 0.5) is 0 Å². The number of rotatable bonds is 5. The highest BCUT2D eigenvalue weighted by molar-refractivity contribution is 7.92. The van der Waals surface area contributed by atoms with Crippen molar-refractivity contribution < 1.29 is 13.2 Å². The van der Waals surface area contributed by atoms with Gasteiger partial charge in [0.1, 0.15) is 0 Å². The molecule has 0 aliphatic heterocycles. The van der Waals surface area contributed by atoms with E-state index in [0.29, 0.717) is 26.1 Å². The molecule has 15 heavy (non-hydrogen) atoms. The van der Waals surface area contributed by atoms with Crippen molar-refractivity contribution in [1.29, 1.82) is 0 Å². The summed E-state index contributed by atoms with van der Waals surface area (Å²) in [5.74, 6) is 0.211. The highest BCUT2D eigenvalue weighted by Crippen LogP contribution is 2.32. The van der Waals surface area contributed by atoms with Crippen molar-refractivity contribution in [3.63, 3.8) is 0 Å². The van der Waals surface area contributed by atoms with E-state index in [1.54, 1.807) is 6.92 Å². The Morgan fingerprint density at radius 3 is 2.67 bits per heavy atom. The molecule has 1 fully saturated rings. The van der Waals surface area contributed by atoms with Gasteiger partial charge in [-0.15, -0.1) is 0 Å². The smallest absolute Gasteiger partial charge is 0.152 e. The number of hydrogen-bond acceptors (Lipinski definition) is 4. The first kappa shape index (κ1) is 12.9. The van der Waals surface area contributed by atoms with Gasteiger partial charge in [-0.1, -0.05) is 6.92 Å². The fourth-order valence-electron chi connectivity index (χ4n) is 2.08. The Labute approximate surface area is 92.1 Å². The molecule has 90 valence electrons. The van der Waals surface area contributed by atoms with Crippen LogP contribution in [0.2, 0.25) is 0 Å². The number of sulfone groups is 1. The highest BCUT2D eigenvalue weighted by atomic mass is 32.2. The zero-order chi connectivity index (χ0) is 11.5. The molecular formula is C10H21NO3S. The molecule has 4 nitrogen and oxygen atoms in total. The normalized spacial score (nSPS) is 32.1. The molecule has 1 rings (SSSR count). The Balaban J connectivity index is 2.58. The van der Waals surface area contributed by atoms with Crippen molar-refractivity contribution in [2.24, 2.45) is 5.73 Å². The number of ether oxygens (including phenoxy) is 1. The van der Waals surface area contributed by atoms with Crippen LogP contribution < -0.4 is 5.73 Å². The molecule has 2 N–H and O–H groups in total. The highest BCUT2D eigenvalue weighted by Gasteiger charge is 2.41. The third kappa shape index (κ3) is 3.16. The predicted octanol–water partition coefficient (Wildman–Crippen LogP) is 0.708. The summed E-state index contributed by atoms with van der Waals surface area (Å²) in [4.78, 5) is 0. The second kappa shape index (κ2) is 4.80. The minimum atomic E-state index is -2.93. The fourth-order valence-corrected chi connectivity index (χ4v) is 3.62. The number of hydrogen-bond donors (Lipinski definition) is 1. The van der Waals surface area contributed by atoms with Crippen molar-refractivity contribution in [3.8, 4) is 0 Å². The van der Waals surface area contributed by atoms with Crippen LogP contribution in [0.15, 0.2) is 0 Å². The minimum Gasteiger partial charge on any atom is -0.380 e. The van der Waals surface area contributed by atoms with Gasteiger partial charge in [-0.25, -0.2) is 8.42 Å². The first-order chi connectivity index (χ1) is 6.93. The van der Waals surface area contributed by atoms with Gasteiger partial charge in [0, 0.05) is 17.9 Å². The van der Waals surface area contributed by atoms with Crippen LogP contribution >= 0.6 is 0 Å². The fraction of sp³-hybridized carbons (Fsp3) is 1.00. The lowest BCUT2D eigenvalue weighted by Crippen LogP contribution is -2.43. The summed E-state index contributed by atoms with van der Waals surface area (Å²) < 4.78 is 28.6.